The zero-order chi connectivity index (χ0) is 22.3. The van der Waals surface area contributed by atoms with Crippen molar-refractivity contribution in [3.63, 3.8) is 0 Å². The summed E-state index contributed by atoms with van der Waals surface area (Å²) < 4.78 is 16.1. The van der Waals surface area contributed by atoms with Crippen molar-refractivity contribution in [1.29, 1.82) is 0 Å². The zero-order valence-electron chi connectivity index (χ0n) is 18.3. The number of anilines is 1. The van der Waals surface area contributed by atoms with Crippen LogP contribution in [0, 0.1) is 0 Å². The zero-order valence-corrected chi connectivity index (χ0v) is 18.3. The molecule has 0 spiro atoms. The van der Waals surface area contributed by atoms with Crippen molar-refractivity contribution in [1.82, 2.24) is 10.2 Å². The highest BCUT2D eigenvalue weighted by molar-refractivity contribution is 5.94. The molecule has 0 unspecified atom stereocenters. The second-order valence-electron chi connectivity index (χ2n) is 7.87. The summed E-state index contributed by atoms with van der Waals surface area (Å²) in [5, 5.41) is 2.98. The minimum absolute atomic E-state index is 0.0112. The number of hydrogen-bond donors (Lipinski definition) is 1. The number of nitrogens with zero attached hydrogens (tertiary/aromatic N) is 2. The molecule has 0 aromatic heterocycles. The summed E-state index contributed by atoms with van der Waals surface area (Å²) >= 11 is 0. The van der Waals surface area contributed by atoms with Crippen LogP contribution in [0.4, 0.5) is 5.69 Å². The number of amides is 2. The first kappa shape index (κ1) is 22.1. The van der Waals surface area contributed by atoms with Crippen molar-refractivity contribution in [2.24, 2.45) is 0 Å². The number of nitrogens with one attached hydrogen (secondary N) is 1. The third kappa shape index (κ3) is 5.38. The standard InChI is InChI=1S/C24H29N3O5/c1-30-11-8-27-16-20-14-19(4-7-22(20)32-17-23(27)28)24(29)25-15-18-2-5-21(6-3-18)26-9-12-31-13-10-26/h2-7,14H,8-13,15-17H2,1H3,(H,25,29). The van der Waals surface area contributed by atoms with E-state index in [9.17, 15) is 9.59 Å². The van der Waals surface area contributed by atoms with Crippen LogP contribution in [0.15, 0.2) is 42.5 Å². The molecule has 0 radical (unpaired) electrons. The third-order valence-electron chi connectivity index (χ3n) is 5.72. The molecule has 0 saturated carbocycles. The molecule has 0 aliphatic carbocycles. The quantitative estimate of drug-likeness (QED) is 0.709. The van der Waals surface area contributed by atoms with Gasteiger partial charge in [-0.15, -0.1) is 0 Å². The highest BCUT2D eigenvalue weighted by Gasteiger charge is 2.22. The largest absolute Gasteiger partial charge is 0.483 e. The van der Waals surface area contributed by atoms with E-state index in [-0.39, 0.29) is 18.4 Å². The van der Waals surface area contributed by atoms with Crippen LogP contribution in [-0.2, 0) is 27.4 Å². The highest BCUT2D eigenvalue weighted by Crippen LogP contribution is 2.25. The van der Waals surface area contributed by atoms with E-state index >= 15 is 0 Å². The van der Waals surface area contributed by atoms with Gasteiger partial charge in [0.2, 0.25) is 0 Å². The van der Waals surface area contributed by atoms with Crippen molar-refractivity contribution in [2.45, 2.75) is 13.1 Å². The summed E-state index contributed by atoms with van der Waals surface area (Å²) in [6.07, 6.45) is 0. The lowest BCUT2D eigenvalue weighted by Crippen LogP contribution is -2.36. The van der Waals surface area contributed by atoms with Gasteiger partial charge < -0.3 is 29.3 Å². The van der Waals surface area contributed by atoms with Crippen LogP contribution in [-0.4, -0.2) is 69.9 Å². The number of carbonyl (C=O) groups is 2. The van der Waals surface area contributed by atoms with Crippen LogP contribution >= 0.6 is 0 Å². The van der Waals surface area contributed by atoms with Crippen molar-refractivity contribution in [3.8, 4) is 5.75 Å². The molecule has 0 atom stereocenters. The first-order valence-electron chi connectivity index (χ1n) is 10.9. The highest BCUT2D eigenvalue weighted by atomic mass is 16.5. The van der Waals surface area contributed by atoms with Gasteiger partial charge in [0.25, 0.3) is 11.8 Å². The van der Waals surface area contributed by atoms with E-state index in [1.165, 1.54) is 5.69 Å². The molecule has 2 aliphatic heterocycles. The predicted molar refractivity (Wildman–Crippen MR) is 120 cm³/mol. The molecule has 170 valence electrons. The van der Waals surface area contributed by atoms with Gasteiger partial charge in [-0.05, 0) is 35.9 Å². The lowest BCUT2D eigenvalue weighted by molar-refractivity contribution is -0.133. The predicted octanol–water partition coefficient (Wildman–Crippen LogP) is 1.82. The van der Waals surface area contributed by atoms with Crippen LogP contribution < -0.4 is 15.0 Å². The van der Waals surface area contributed by atoms with Crippen molar-refractivity contribution >= 4 is 17.5 Å². The van der Waals surface area contributed by atoms with E-state index in [1.807, 2.05) is 12.1 Å². The molecule has 4 rings (SSSR count). The smallest absolute Gasteiger partial charge is 0.260 e. The SMILES string of the molecule is COCCN1Cc2cc(C(=O)NCc3ccc(N4CCOCC4)cc3)ccc2OCC1=O. The fourth-order valence-electron chi connectivity index (χ4n) is 3.85. The van der Waals surface area contributed by atoms with Gasteiger partial charge in [-0.2, -0.15) is 0 Å². The Balaban J connectivity index is 1.37. The Labute approximate surface area is 188 Å². The molecule has 2 heterocycles. The van der Waals surface area contributed by atoms with Gasteiger partial charge in [0.15, 0.2) is 6.61 Å². The van der Waals surface area contributed by atoms with Crippen LogP contribution in [0.2, 0.25) is 0 Å². The number of carbonyl (C=O) groups excluding carboxylic acids is 2. The maximum atomic E-state index is 12.7. The Bertz CT molecular complexity index is 941. The molecule has 0 bridgehead atoms. The van der Waals surface area contributed by atoms with E-state index in [4.69, 9.17) is 14.2 Å². The minimum atomic E-state index is -0.163. The van der Waals surface area contributed by atoms with Gasteiger partial charge in [-0.1, -0.05) is 12.1 Å². The van der Waals surface area contributed by atoms with E-state index in [2.05, 4.69) is 22.3 Å². The van der Waals surface area contributed by atoms with Gasteiger partial charge >= 0.3 is 0 Å². The fourth-order valence-corrected chi connectivity index (χ4v) is 3.85. The summed E-state index contributed by atoms with van der Waals surface area (Å²) in [7, 11) is 1.60. The Morgan fingerprint density at radius 1 is 1.12 bits per heavy atom. The molecule has 8 heteroatoms. The Hall–Kier alpha value is -3.10. The second-order valence-corrected chi connectivity index (χ2v) is 7.87. The van der Waals surface area contributed by atoms with Crippen LogP contribution in [0.1, 0.15) is 21.5 Å². The third-order valence-corrected chi connectivity index (χ3v) is 5.72. The molecule has 1 saturated heterocycles. The van der Waals surface area contributed by atoms with E-state index in [0.29, 0.717) is 37.6 Å². The first-order chi connectivity index (χ1) is 15.6. The molecule has 2 aliphatic rings. The average molecular weight is 440 g/mol. The first-order valence-corrected chi connectivity index (χ1v) is 10.9. The maximum Gasteiger partial charge on any atom is 0.260 e. The Morgan fingerprint density at radius 3 is 2.66 bits per heavy atom. The monoisotopic (exact) mass is 439 g/mol. The fraction of sp³-hybridized carbons (Fsp3) is 0.417. The van der Waals surface area contributed by atoms with Crippen LogP contribution in [0.3, 0.4) is 0 Å². The van der Waals surface area contributed by atoms with Gasteiger partial charge in [0.1, 0.15) is 5.75 Å². The number of morpholine rings is 1. The molecule has 1 fully saturated rings. The number of rotatable bonds is 7. The van der Waals surface area contributed by atoms with E-state index < -0.39 is 0 Å². The van der Waals surface area contributed by atoms with Crippen molar-refractivity contribution in [3.05, 3.63) is 59.2 Å². The maximum absolute atomic E-state index is 12.7. The second kappa shape index (κ2) is 10.5. The molecule has 2 amide bonds. The topological polar surface area (TPSA) is 80.3 Å². The minimum Gasteiger partial charge on any atom is -0.483 e. The van der Waals surface area contributed by atoms with Gasteiger partial charge in [-0.3, -0.25) is 9.59 Å². The number of benzene rings is 2. The molecular weight excluding hydrogens is 410 g/mol. The van der Waals surface area contributed by atoms with Gasteiger partial charge in [-0.25, -0.2) is 0 Å². The Kier molecular flexibility index (Phi) is 7.24. The molecule has 32 heavy (non-hydrogen) atoms. The summed E-state index contributed by atoms with van der Waals surface area (Å²) in [5.74, 6) is 0.377. The lowest BCUT2D eigenvalue weighted by atomic mass is 10.1. The molecule has 1 N–H and O–H groups in total. The molecular formula is C24H29N3O5. The number of methoxy groups -OCH3 is 1. The summed E-state index contributed by atoms with van der Waals surface area (Å²) in [5.41, 5.74) is 3.55. The molecule has 2 aromatic rings. The number of ether oxygens (including phenoxy) is 3. The van der Waals surface area contributed by atoms with Crippen LogP contribution in [0.5, 0.6) is 5.75 Å². The molecule has 8 nitrogen and oxygen atoms in total. The lowest BCUT2D eigenvalue weighted by Gasteiger charge is -2.28. The summed E-state index contributed by atoms with van der Waals surface area (Å²) in [6, 6.07) is 13.5. The van der Waals surface area contributed by atoms with Crippen molar-refractivity contribution < 1.29 is 23.8 Å². The van der Waals surface area contributed by atoms with E-state index in [0.717, 1.165) is 37.4 Å². The average Bonchev–Trinajstić information content (AvgIpc) is 3.00. The summed E-state index contributed by atoms with van der Waals surface area (Å²) in [6.45, 7) is 5.04. The van der Waals surface area contributed by atoms with E-state index in [1.54, 1.807) is 30.2 Å². The van der Waals surface area contributed by atoms with Gasteiger partial charge in [0, 0.05) is 56.6 Å². The number of hydrogen-bond acceptors (Lipinski definition) is 6. The van der Waals surface area contributed by atoms with Crippen molar-refractivity contribution in [2.75, 3.05) is 58.1 Å². The normalized spacial score (nSPS) is 16.2. The summed E-state index contributed by atoms with van der Waals surface area (Å²) in [4.78, 5) is 29.0. The number of fused-ring (bicyclic) bond motifs is 1. The molecule has 2 aromatic carbocycles. The van der Waals surface area contributed by atoms with Crippen LogP contribution in [0.25, 0.3) is 0 Å². The van der Waals surface area contributed by atoms with Gasteiger partial charge in [0.05, 0.1) is 19.8 Å². The Morgan fingerprint density at radius 2 is 1.91 bits per heavy atom.